The lowest BCUT2D eigenvalue weighted by Crippen LogP contribution is -2.29. The van der Waals surface area contributed by atoms with Gasteiger partial charge in [0.15, 0.2) is 10.8 Å². The topological polar surface area (TPSA) is 63.3 Å². The van der Waals surface area contributed by atoms with Gasteiger partial charge in [-0.15, -0.1) is 11.3 Å². The van der Waals surface area contributed by atoms with Crippen molar-refractivity contribution in [3.05, 3.63) is 29.0 Å². The van der Waals surface area contributed by atoms with Crippen molar-refractivity contribution in [2.45, 2.75) is 26.2 Å². The van der Waals surface area contributed by atoms with Crippen molar-refractivity contribution in [2.75, 3.05) is 0 Å². The second-order valence-electron chi connectivity index (χ2n) is 4.33. The first-order valence-electron chi connectivity index (χ1n) is 5.18. The van der Waals surface area contributed by atoms with Crippen molar-refractivity contribution in [3.63, 3.8) is 0 Å². The molecule has 4 nitrogen and oxygen atoms in total. The van der Waals surface area contributed by atoms with Gasteiger partial charge in [0.1, 0.15) is 5.41 Å². The maximum absolute atomic E-state index is 11.2. The van der Waals surface area contributed by atoms with Crippen molar-refractivity contribution >= 4 is 17.3 Å². The molecule has 0 fully saturated rings. The summed E-state index contributed by atoms with van der Waals surface area (Å²) in [4.78, 5) is 16.5. The minimum Gasteiger partial charge on any atom is -0.481 e. The summed E-state index contributed by atoms with van der Waals surface area (Å²) >= 11 is 1.45. The van der Waals surface area contributed by atoms with Gasteiger partial charge < -0.3 is 9.52 Å². The molecule has 0 saturated carbocycles. The number of carboxylic acids is 1. The lowest BCUT2D eigenvalue weighted by Gasteiger charge is -2.17. The Morgan fingerprint density at radius 1 is 1.53 bits per heavy atom. The van der Waals surface area contributed by atoms with Gasteiger partial charge in [0.05, 0.1) is 12.0 Å². The third-order valence-electron chi connectivity index (χ3n) is 2.66. The molecule has 0 unspecified atom stereocenters. The molecule has 0 radical (unpaired) electrons. The van der Waals surface area contributed by atoms with Crippen molar-refractivity contribution in [1.82, 2.24) is 4.98 Å². The fourth-order valence-electron chi connectivity index (χ4n) is 1.58. The van der Waals surface area contributed by atoms with Crippen molar-refractivity contribution in [2.24, 2.45) is 0 Å². The van der Waals surface area contributed by atoms with Crippen LogP contribution < -0.4 is 0 Å². The van der Waals surface area contributed by atoms with E-state index in [2.05, 4.69) is 4.98 Å². The molecule has 0 bridgehead atoms. The molecule has 0 aromatic carbocycles. The number of aliphatic carboxylic acids is 1. The minimum absolute atomic E-state index is 0.599. The van der Waals surface area contributed by atoms with E-state index >= 15 is 0 Å². The number of hydrogen-bond acceptors (Lipinski definition) is 4. The lowest BCUT2D eigenvalue weighted by molar-refractivity contribution is -0.142. The number of hydrogen-bond donors (Lipinski definition) is 1. The largest absolute Gasteiger partial charge is 0.481 e. The first-order chi connectivity index (χ1) is 7.93. The average molecular weight is 251 g/mol. The maximum Gasteiger partial charge on any atom is 0.315 e. The van der Waals surface area contributed by atoms with Crippen LogP contribution in [0.1, 0.15) is 24.4 Å². The number of carbonyl (C=O) groups is 1. The molecule has 2 aromatic heterocycles. The van der Waals surface area contributed by atoms with Gasteiger partial charge in [0.2, 0.25) is 0 Å². The predicted molar refractivity (Wildman–Crippen MR) is 65.2 cm³/mol. The third-order valence-corrected chi connectivity index (χ3v) is 3.64. The molecular formula is C12H13NO3S. The fraction of sp³-hybridized carbons (Fsp3) is 0.333. The monoisotopic (exact) mass is 251 g/mol. The molecule has 17 heavy (non-hydrogen) atoms. The normalized spacial score (nSPS) is 11.7. The molecule has 0 saturated heterocycles. The highest BCUT2D eigenvalue weighted by Gasteiger charge is 2.34. The van der Waals surface area contributed by atoms with Crippen LogP contribution in [0.4, 0.5) is 0 Å². The van der Waals surface area contributed by atoms with Crippen LogP contribution in [0.2, 0.25) is 0 Å². The van der Waals surface area contributed by atoms with E-state index in [0.29, 0.717) is 11.5 Å². The number of aromatic nitrogens is 1. The van der Waals surface area contributed by atoms with Crippen molar-refractivity contribution in [3.8, 4) is 10.8 Å². The average Bonchev–Trinajstić information content (AvgIpc) is 2.85. The summed E-state index contributed by atoms with van der Waals surface area (Å²) in [5, 5.41) is 9.92. The summed E-state index contributed by atoms with van der Waals surface area (Å²) in [7, 11) is 0. The lowest BCUT2D eigenvalue weighted by atomic mass is 9.89. The van der Waals surface area contributed by atoms with E-state index in [4.69, 9.17) is 4.42 Å². The van der Waals surface area contributed by atoms with Crippen LogP contribution in [0.25, 0.3) is 10.8 Å². The van der Waals surface area contributed by atoms with Crippen LogP contribution in [-0.4, -0.2) is 16.1 Å². The van der Waals surface area contributed by atoms with Gasteiger partial charge in [-0.25, -0.2) is 4.98 Å². The van der Waals surface area contributed by atoms with Gasteiger partial charge >= 0.3 is 5.97 Å². The molecular weight excluding hydrogens is 238 g/mol. The maximum atomic E-state index is 11.2. The van der Waals surface area contributed by atoms with E-state index in [1.54, 1.807) is 26.2 Å². The molecule has 2 heterocycles. The van der Waals surface area contributed by atoms with Crippen LogP contribution in [0.15, 0.2) is 22.8 Å². The standard InChI is InChI=1S/C12H13NO3S/c1-7-9(12(2,3)11(14)15)13-10(17-7)8-5-4-6-16-8/h4-6H,1-3H3,(H,14,15). The molecule has 0 spiro atoms. The Bertz CT molecular complexity index is 540. The van der Waals surface area contributed by atoms with Crippen LogP contribution in [0.5, 0.6) is 0 Å². The number of rotatable bonds is 3. The minimum atomic E-state index is -0.981. The summed E-state index contributed by atoms with van der Waals surface area (Å²) in [5.74, 6) is -0.206. The van der Waals surface area contributed by atoms with Crippen LogP contribution >= 0.6 is 11.3 Å². The Kier molecular flexibility index (Phi) is 2.79. The Morgan fingerprint density at radius 2 is 2.24 bits per heavy atom. The van der Waals surface area contributed by atoms with Gasteiger partial charge in [0, 0.05) is 4.88 Å². The van der Waals surface area contributed by atoms with Gasteiger partial charge in [-0.3, -0.25) is 4.79 Å². The SMILES string of the molecule is Cc1sc(-c2ccco2)nc1C(C)(C)C(=O)O. The first-order valence-corrected chi connectivity index (χ1v) is 5.99. The second kappa shape index (κ2) is 4.00. The summed E-state index contributed by atoms with van der Waals surface area (Å²) in [6.07, 6.45) is 1.58. The zero-order chi connectivity index (χ0) is 12.6. The highest BCUT2D eigenvalue weighted by molar-refractivity contribution is 7.15. The zero-order valence-electron chi connectivity index (χ0n) is 9.85. The van der Waals surface area contributed by atoms with E-state index in [1.165, 1.54) is 11.3 Å². The summed E-state index contributed by atoms with van der Waals surface area (Å²) in [5.41, 5.74) is -0.382. The Hall–Kier alpha value is -1.62. The van der Waals surface area contributed by atoms with E-state index < -0.39 is 11.4 Å². The molecule has 0 aliphatic rings. The van der Waals surface area contributed by atoms with Gasteiger partial charge in [-0.1, -0.05) is 0 Å². The highest BCUT2D eigenvalue weighted by Crippen LogP contribution is 2.34. The number of thiazole rings is 1. The Morgan fingerprint density at radius 3 is 2.76 bits per heavy atom. The molecule has 2 rings (SSSR count). The quantitative estimate of drug-likeness (QED) is 0.910. The van der Waals surface area contributed by atoms with Gasteiger partial charge in [-0.05, 0) is 32.9 Å². The second-order valence-corrected chi connectivity index (χ2v) is 5.53. The molecule has 0 aliphatic heterocycles. The van der Waals surface area contributed by atoms with Gasteiger partial charge in [0.25, 0.3) is 0 Å². The number of nitrogens with zero attached hydrogens (tertiary/aromatic N) is 1. The summed E-state index contributed by atoms with van der Waals surface area (Å²) in [6, 6.07) is 3.60. The Balaban J connectivity index is 2.48. The first kappa shape index (κ1) is 11.9. The molecule has 2 aromatic rings. The van der Waals surface area contributed by atoms with Crippen LogP contribution in [0.3, 0.4) is 0 Å². The molecule has 5 heteroatoms. The predicted octanol–water partition coefficient (Wildman–Crippen LogP) is 3.07. The molecule has 0 aliphatic carbocycles. The molecule has 1 N–H and O–H groups in total. The molecule has 90 valence electrons. The number of carboxylic acid groups (broad SMARTS) is 1. The smallest absolute Gasteiger partial charge is 0.315 e. The van der Waals surface area contributed by atoms with E-state index in [-0.39, 0.29) is 0 Å². The number of furan rings is 1. The Labute approximate surface area is 103 Å². The van der Waals surface area contributed by atoms with Gasteiger partial charge in [-0.2, -0.15) is 0 Å². The fourth-order valence-corrected chi connectivity index (χ4v) is 2.62. The van der Waals surface area contributed by atoms with E-state index in [1.807, 2.05) is 13.0 Å². The molecule has 0 amide bonds. The summed E-state index contributed by atoms with van der Waals surface area (Å²) in [6.45, 7) is 5.19. The van der Waals surface area contributed by atoms with E-state index in [0.717, 1.165) is 9.88 Å². The summed E-state index contributed by atoms with van der Waals surface area (Å²) < 4.78 is 5.26. The third kappa shape index (κ3) is 1.98. The van der Waals surface area contributed by atoms with Crippen molar-refractivity contribution < 1.29 is 14.3 Å². The van der Waals surface area contributed by atoms with Crippen LogP contribution in [-0.2, 0) is 10.2 Å². The number of aryl methyl sites for hydroxylation is 1. The molecule has 0 atom stereocenters. The van der Waals surface area contributed by atoms with Crippen molar-refractivity contribution in [1.29, 1.82) is 0 Å². The van der Waals surface area contributed by atoms with Crippen LogP contribution in [0, 0.1) is 6.92 Å². The van der Waals surface area contributed by atoms with E-state index in [9.17, 15) is 9.90 Å². The highest BCUT2D eigenvalue weighted by atomic mass is 32.1. The zero-order valence-corrected chi connectivity index (χ0v) is 10.7.